The number of aliphatic carboxylic acids is 1. The van der Waals surface area contributed by atoms with Gasteiger partial charge in [0.05, 0.1) is 17.6 Å². The fourth-order valence-electron chi connectivity index (χ4n) is 1.90. The quantitative estimate of drug-likeness (QED) is 0.862. The Kier molecular flexibility index (Phi) is 3.38. The van der Waals surface area contributed by atoms with Gasteiger partial charge in [-0.1, -0.05) is 6.07 Å². The van der Waals surface area contributed by atoms with Gasteiger partial charge in [0.15, 0.2) is 0 Å². The molecule has 1 aromatic rings. The number of benzene rings is 1. The summed E-state index contributed by atoms with van der Waals surface area (Å²) in [5.41, 5.74) is 1.09. The summed E-state index contributed by atoms with van der Waals surface area (Å²) < 4.78 is 0. The van der Waals surface area contributed by atoms with Crippen LogP contribution in [0.5, 0.6) is 0 Å². The lowest BCUT2D eigenvalue weighted by Crippen LogP contribution is -2.56. The van der Waals surface area contributed by atoms with E-state index < -0.39 is 11.9 Å². The molecule has 98 valence electrons. The molecule has 1 N–H and O–H groups in total. The van der Waals surface area contributed by atoms with Gasteiger partial charge in [-0.15, -0.1) is 0 Å². The highest BCUT2D eigenvalue weighted by molar-refractivity contribution is 5.93. The summed E-state index contributed by atoms with van der Waals surface area (Å²) in [5.74, 6) is -1.35. The van der Waals surface area contributed by atoms with Gasteiger partial charge in [0.2, 0.25) is 0 Å². The molecule has 0 aliphatic carbocycles. The fraction of sp³-hybridized carbons (Fsp3) is 0.308. The van der Waals surface area contributed by atoms with Gasteiger partial charge < -0.3 is 10.0 Å². The van der Waals surface area contributed by atoms with Crippen molar-refractivity contribution < 1.29 is 14.7 Å². The summed E-state index contributed by atoms with van der Waals surface area (Å²) in [7, 11) is 1.60. The number of amides is 2. The third-order valence-corrected chi connectivity index (χ3v) is 3.15. The number of urea groups is 1. The molecule has 1 aliphatic heterocycles. The average Bonchev–Trinajstić information content (AvgIpc) is 2.35. The molecule has 1 fully saturated rings. The standard InChI is InChI=1S/C13H13N3O3/c1-15(11-4-2-3-9(5-11)6-14)13(19)16-7-10(8-16)12(17)18/h2-5,10H,7-8H2,1H3,(H,17,18). The zero-order valence-electron chi connectivity index (χ0n) is 10.4. The summed E-state index contributed by atoms with van der Waals surface area (Å²) in [6, 6.07) is 8.46. The highest BCUT2D eigenvalue weighted by Gasteiger charge is 2.37. The van der Waals surface area contributed by atoms with Gasteiger partial charge in [0.25, 0.3) is 0 Å². The third kappa shape index (κ3) is 2.50. The monoisotopic (exact) mass is 259 g/mol. The van der Waals surface area contributed by atoms with Crippen LogP contribution in [-0.2, 0) is 4.79 Å². The molecule has 6 nitrogen and oxygen atoms in total. The minimum absolute atomic E-state index is 0.233. The number of carbonyl (C=O) groups excluding carboxylic acids is 1. The summed E-state index contributed by atoms with van der Waals surface area (Å²) >= 11 is 0. The molecule has 2 amide bonds. The SMILES string of the molecule is CN(C(=O)N1CC(C(=O)O)C1)c1cccc(C#N)c1. The minimum Gasteiger partial charge on any atom is -0.481 e. The molecule has 6 heteroatoms. The topological polar surface area (TPSA) is 84.6 Å². The molecule has 0 unspecified atom stereocenters. The second kappa shape index (κ2) is 4.98. The van der Waals surface area contributed by atoms with Crippen molar-refractivity contribution in [2.45, 2.75) is 0 Å². The number of carboxylic acid groups (broad SMARTS) is 1. The predicted octanol–water partition coefficient (Wildman–Crippen LogP) is 1.13. The van der Waals surface area contributed by atoms with Gasteiger partial charge in [-0.25, -0.2) is 4.79 Å². The van der Waals surface area contributed by atoms with Gasteiger partial charge in [0.1, 0.15) is 0 Å². The average molecular weight is 259 g/mol. The Morgan fingerprint density at radius 1 is 1.47 bits per heavy atom. The van der Waals surface area contributed by atoms with Crippen molar-refractivity contribution >= 4 is 17.7 Å². The third-order valence-electron chi connectivity index (χ3n) is 3.15. The van der Waals surface area contributed by atoms with Crippen molar-refractivity contribution in [3.05, 3.63) is 29.8 Å². The van der Waals surface area contributed by atoms with Crippen LogP contribution >= 0.6 is 0 Å². The Bertz CT molecular complexity index is 558. The van der Waals surface area contributed by atoms with Crippen molar-refractivity contribution in [2.75, 3.05) is 25.0 Å². The number of nitriles is 1. The fourth-order valence-corrected chi connectivity index (χ4v) is 1.90. The zero-order valence-corrected chi connectivity index (χ0v) is 10.4. The summed E-state index contributed by atoms with van der Waals surface area (Å²) in [4.78, 5) is 25.6. The highest BCUT2D eigenvalue weighted by atomic mass is 16.4. The van der Waals surface area contributed by atoms with E-state index >= 15 is 0 Å². The Morgan fingerprint density at radius 2 is 2.16 bits per heavy atom. The van der Waals surface area contributed by atoms with E-state index in [9.17, 15) is 9.59 Å². The van der Waals surface area contributed by atoms with Gasteiger partial charge in [-0.05, 0) is 18.2 Å². The van der Waals surface area contributed by atoms with Gasteiger partial charge >= 0.3 is 12.0 Å². The van der Waals surface area contributed by atoms with E-state index in [2.05, 4.69) is 0 Å². The lowest BCUT2D eigenvalue weighted by atomic mass is 10.0. The van der Waals surface area contributed by atoms with E-state index in [0.29, 0.717) is 11.3 Å². The van der Waals surface area contributed by atoms with Gasteiger partial charge in [0, 0.05) is 25.8 Å². The number of anilines is 1. The van der Waals surface area contributed by atoms with Crippen LogP contribution in [0.4, 0.5) is 10.5 Å². The molecule has 0 bridgehead atoms. The van der Waals surface area contributed by atoms with Crippen molar-refractivity contribution in [2.24, 2.45) is 5.92 Å². The Balaban J connectivity index is 2.04. The molecule has 2 rings (SSSR count). The zero-order chi connectivity index (χ0) is 14.0. The molecule has 1 saturated heterocycles. The maximum absolute atomic E-state index is 12.1. The van der Waals surface area contributed by atoms with Crippen LogP contribution in [0.3, 0.4) is 0 Å². The van der Waals surface area contributed by atoms with Crippen LogP contribution in [0.1, 0.15) is 5.56 Å². The van der Waals surface area contributed by atoms with Gasteiger partial charge in [-0.3, -0.25) is 9.69 Å². The van der Waals surface area contributed by atoms with E-state index in [4.69, 9.17) is 10.4 Å². The normalized spacial score (nSPS) is 14.4. The number of hydrogen-bond acceptors (Lipinski definition) is 3. The number of carboxylic acids is 1. The second-order valence-electron chi connectivity index (χ2n) is 4.44. The molecule has 19 heavy (non-hydrogen) atoms. The lowest BCUT2D eigenvalue weighted by molar-refractivity contribution is -0.145. The first-order valence-corrected chi connectivity index (χ1v) is 5.78. The minimum atomic E-state index is -0.877. The van der Waals surface area contributed by atoms with Crippen LogP contribution < -0.4 is 4.90 Å². The van der Waals surface area contributed by atoms with Crippen molar-refractivity contribution in [3.63, 3.8) is 0 Å². The van der Waals surface area contributed by atoms with Gasteiger partial charge in [-0.2, -0.15) is 5.26 Å². The smallest absolute Gasteiger partial charge is 0.324 e. The first kappa shape index (κ1) is 12.9. The summed E-state index contributed by atoms with van der Waals surface area (Å²) in [6.45, 7) is 0.465. The first-order valence-electron chi connectivity index (χ1n) is 5.78. The maximum Gasteiger partial charge on any atom is 0.324 e. The molecule has 0 aromatic heterocycles. The molecular weight excluding hydrogens is 246 g/mol. The first-order chi connectivity index (χ1) is 9.02. The van der Waals surface area contributed by atoms with Crippen LogP contribution in [0.2, 0.25) is 0 Å². The second-order valence-corrected chi connectivity index (χ2v) is 4.44. The molecule has 0 saturated carbocycles. The summed E-state index contributed by atoms with van der Waals surface area (Å²) in [5, 5.41) is 17.6. The highest BCUT2D eigenvalue weighted by Crippen LogP contribution is 2.21. The van der Waals surface area contributed by atoms with E-state index in [1.807, 2.05) is 6.07 Å². The van der Waals surface area contributed by atoms with E-state index in [0.717, 1.165) is 0 Å². The van der Waals surface area contributed by atoms with E-state index in [1.54, 1.807) is 31.3 Å². The molecule has 0 spiro atoms. The molecule has 0 atom stereocenters. The number of rotatable bonds is 2. The Hall–Kier alpha value is -2.55. The molecular formula is C13H13N3O3. The van der Waals surface area contributed by atoms with E-state index in [-0.39, 0.29) is 19.1 Å². The van der Waals surface area contributed by atoms with Crippen LogP contribution in [-0.4, -0.2) is 42.1 Å². The molecule has 1 aliphatic rings. The van der Waals surface area contributed by atoms with E-state index in [1.165, 1.54) is 9.80 Å². The van der Waals surface area contributed by atoms with Crippen LogP contribution in [0.25, 0.3) is 0 Å². The predicted molar refractivity (Wildman–Crippen MR) is 67.7 cm³/mol. The molecule has 0 radical (unpaired) electrons. The molecule has 1 heterocycles. The number of likely N-dealkylation sites (tertiary alicyclic amines) is 1. The number of hydrogen-bond donors (Lipinski definition) is 1. The van der Waals surface area contributed by atoms with Crippen LogP contribution in [0, 0.1) is 17.2 Å². The molecule has 1 aromatic carbocycles. The lowest BCUT2D eigenvalue weighted by Gasteiger charge is -2.38. The largest absolute Gasteiger partial charge is 0.481 e. The maximum atomic E-state index is 12.1. The number of carbonyl (C=O) groups is 2. The van der Waals surface area contributed by atoms with Crippen molar-refractivity contribution in [1.82, 2.24) is 4.90 Å². The van der Waals surface area contributed by atoms with Crippen molar-refractivity contribution in [3.8, 4) is 6.07 Å². The summed E-state index contributed by atoms with van der Waals surface area (Å²) in [6.07, 6.45) is 0. The Morgan fingerprint density at radius 3 is 2.74 bits per heavy atom. The Labute approximate surface area is 110 Å². The number of nitrogens with zero attached hydrogens (tertiary/aromatic N) is 3. The van der Waals surface area contributed by atoms with Crippen molar-refractivity contribution in [1.29, 1.82) is 5.26 Å². The van der Waals surface area contributed by atoms with Crippen LogP contribution in [0.15, 0.2) is 24.3 Å².